The van der Waals surface area contributed by atoms with E-state index in [2.05, 4.69) is 4.98 Å². The van der Waals surface area contributed by atoms with E-state index < -0.39 is 11.9 Å². The lowest BCUT2D eigenvalue weighted by molar-refractivity contribution is -0.139. The minimum atomic E-state index is -0.730. The molecule has 0 aliphatic carbocycles. The summed E-state index contributed by atoms with van der Waals surface area (Å²) in [5.41, 5.74) is 1.66. The van der Waals surface area contributed by atoms with E-state index in [0.717, 1.165) is 11.3 Å². The van der Waals surface area contributed by atoms with Crippen LogP contribution in [-0.4, -0.2) is 28.4 Å². The molecule has 0 saturated heterocycles. The molecule has 0 saturated carbocycles. The second kappa shape index (κ2) is 6.86. The highest BCUT2D eigenvalue weighted by Crippen LogP contribution is 2.21. The lowest BCUT2D eigenvalue weighted by Crippen LogP contribution is -2.44. The van der Waals surface area contributed by atoms with Crippen molar-refractivity contribution in [3.05, 3.63) is 63.8 Å². The van der Waals surface area contributed by atoms with E-state index in [4.69, 9.17) is 4.74 Å². The number of H-pyrrole nitrogens is 1. The quantitative estimate of drug-likeness (QED) is 0.935. The van der Waals surface area contributed by atoms with Gasteiger partial charge in [0.15, 0.2) is 17.7 Å². The molecule has 3 rings (SSSR count). The number of carbonyl (C=O) groups is 1. The Bertz CT molecular complexity index is 803. The molecule has 1 aliphatic rings. The smallest absolute Gasteiger partial charge is 0.263 e. The molecular formula is C18H19FN2O3. The first-order chi connectivity index (χ1) is 11.6. The first-order valence-corrected chi connectivity index (χ1v) is 7.99. The summed E-state index contributed by atoms with van der Waals surface area (Å²) >= 11 is 0. The van der Waals surface area contributed by atoms with Gasteiger partial charge in [-0.2, -0.15) is 0 Å². The van der Waals surface area contributed by atoms with Crippen molar-refractivity contribution in [2.24, 2.45) is 0 Å². The lowest BCUT2D eigenvalue weighted by Gasteiger charge is -2.31. The van der Waals surface area contributed by atoms with Gasteiger partial charge in [-0.1, -0.05) is 25.1 Å². The Labute approximate surface area is 139 Å². The Morgan fingerprint density at radius 1 is 1.33 bits per heavy atom. The van der Waals surface area contributed by atoms with Crippen LogP contribution in [0.4, 0.5) is 4.39 Å². The fourth-order valence-electron chi connectivity index (χ4n) is 2.84. The van der Waals surface area contributed by atoms with Crippen LogP contribution in [0, 0.1) is 5.82 Å². The molecule has 1 aromatic heterocycles. The average Bonchev–Trinajstić information content (AvgIpc) is 2.60. The monoisotopic (exact) mass is 330 g/mol. The third-order valence-electron chi connectivity index (χ3n) is 4.15. The number of para-hydroxylation sites is 1. The van der Waals surface area contributed by atoms with Gasteiger partial charge in [-0.05, 0) is 24.1 Å². The number of halogens is 1. The first-order valence-electron chi connectivity index (χ1n) is 7.99. The number of amides is 1. The van der Waals surface area contributed by atoms with Crippen LogP contribution in [0.2, 0.25) is 0 Å². The fraction of sp³-hybridized carbons (Fsp3) is 0.333. The Kier molecular flexibility index (Phi) is 4.64. The maximum absolute atomic E-state index is 13.7. The average molecular weight is 330 g/mol. The van der Waals surface area contributed by atoms with Crippen molar-refractivity contribution in [3.63, 3.8) is 0 Å². The lowest BCUT2D eigenvalue weighted by atomic mass is 10.0. The van der Waals surface area contributed by atoms with Gasteiger partial charge in [0.2, 0.25) is 5.56 Å². The third kappa shape index (κ3) is 3.32. The van der Waals surface area contributed by atoms with Crippen molar-refractivity contribution in [2.45, 2.75) is 32.4 Å². The van der Waals surface area contributed by atoms with E-state index in [-0.39, 0.29) is 17.2 Å². The first kappa shape index (κ1) is 16.2. The van der Waals surface area contributed by atoms with Crippen LogP contribution in [0.1, 0.15) is 24.6 Å². The summed E-state index contributed by atoms with van der Waals surface area (Å²) in [4.78, 5) is 28.6. The van der Waals surface area contributed by atoms with Gasteiger partial charge in [-0.25, -0.2) is 4.39 Å². The topological polar surface area (TPSA) is 62.4 Å². The molecule has 1 N–H and O–H groups in total. The summed E-state index contributed by atoms with van der Waals surface area (Å²) in [6.07, 6.45) is 0.307. The third-order valence-corrected chi connectivity index (χ3v) is 4.15. The zero-order chi connectivity index (χ0) is 17.1. The van der Waals surface area contributed by atoms with Crippen molar-refractivity contribution < 1.29 is 13.9 Å². The van der Waals surface area contributed by atoms with Crippen LogP contribution in [0.25, 0.3) is 0 Å². The van der Waals surface area contributed by atoms with Gasteiger partial charge in [0, 0.05) is 31.3 Å². The normalized spacial score (nSPS) is 14.8. The van der Waals surface area contributed by atoms with Gasteiger partial charge >= 0.3 is 0 Å². The Morgan fingerprint density at radius 3 is 2.88 bits per heavy atom. The van der Waals surface area contributed by atoms with Crippen LogP contribution in [0.3, 0.4) is 0 Å². The SMILES string of the molecule is CCC(Oc1ccccc1F)C(=O)N1CCc2[nH]c(=O)ccc2C1. The standard InChI is InChI=1S/C18H19FN2O3/c1-2-15(24-16-6-4-3-5-13(16)19)18(23)21-10-9-14-12(11-21)7-8-17(22)20-14/h3-8,15H,2,9-11H2,1H3,(H,20,22). The van der Waals surface area contributed by atoms with Crippen molar-refractivity contribution in [2.75, 3.05) is 6.54 Å². The molecule has 6 heteroatoms. The number of carbonyl (C=O) groups excluding carboxylic acids is 1. The largest absolute Gasteiger partial charge is 0.478 e. The number of aromatic nitrogens is 1. The van der Waals surface area contributed by atoms with Crippen molar-refractivity contribution in [1.29, 1.82) is 0 Å². The van der Waals surface area contributed by atoms with Crippen LogP contribution < -0.4 is 10.3 Å². The molecule has 5 nitrogen and oxygen atoms in total. The summed E-state index contributed by atoms with van der Waals surface area (Å²) in [6.45, 7) is 2.75. The molecule has 0 radical (unpaired) electrons. The molecule has 1 aromatic carbocycles. The summed E-state index contributed by atoms with van der Waals surface area (Å²) in [5.74, 6) is -0.567. The maximum Gasteiger partial charge on any atom is 0.263 e. The van der Waals surface area contributed by atoms with Crippen LogP contribution >= 0.6 is 0 Å². The molecule has 2 heterocycles. The number of rotatable bonds is 4. The Morgan fingerprint density at radius 2 is 2.12 bits per heavy atom. The molecule has 1 amide bonds. The summed E-state index contributed by atoms with van der Waals surface area (Å²) < 4.78 is 19.3. The predicted molar refractivity (Wildman–Crippen MR) is 87.3 cm³/mol. The number of fused-ring (bicyclic) bond motifs is 1. The number of nitrogens with zero attached hydrogens (tertiary/aromatic N) is 1. The molecule has 24 heavy (non-hydrogen) atoms. The van der Waals surface area contributed by atoms with E-state index in [9.17, 15) is 14.0 Å². The molecule has 126 valence electrons. The molecule has 1 unspecified atom stereocenters. The summed E-state index contributed by atoms with van der Waals surface area (Å²) in [6, 6.07) is 9.27. The van der Waals surface area contributed by atoms with Gasteiger partial charge in [-0.3, -0.25) is 9.59 Å². The van der Waals surface area contributed by atoms with E-state index in [1.807, 2.05) is 6.92 Å². The highest BCUT2D eigenvalue weighted by atomic mass is 19.1. The molecule has 0 fully saturated rings. The Balaban J connectivity index is 1.74. The highest BCUT2D eigenvalue weighted by molar-refractivity contribution is 5.81. The molecule has 1 atom stereocenters. The van der Waals surface area contributed by atoms with Crippen molar-refractivity contribution >= 4 is 5.91 Å². The molecule has 1 aliphatic heterocycles. The Hall–Kier alpha value is -2.63. The molecule has 0 spiro atoms. The highest BCUT2D eigenvalue weighted by Gasteiger charge is 2.28. The number of aromatic amines is 1. The van der Waals surface area contributed by atoms with E-state index in [1.165, 1.54) is 18.2 Å². The van der Waals surface area contributed by atoms with Gasteiger partial charge < -0.3 is 14.6 Å². The van der Waals surface area contributed by atoms with E-state index in [1.54, 1.807) is 23.1 Å². The molecular weight excluding hydrogens is 311 g/mol. The minimum Gasteiger partial charge on any atom is -0.478 e. The number of hydrogen-bond donors (Lipinski definition) is 1. The van der Waals surface area contributed by atoms with Crippen LogP contribution in [-0.2, 0) is 17.8 Å². The maximum atomic E-state index is 13.7. The fourth-order valence-corrected chi connectivity index (χ4v) is 2.84. The predicted octanol–water partition coefficient (Wildman–Crippen LogP) is 2.26. The molecule has 2 aromatic rings. The number of hydrogen-bond acceptors (Lipinski definition) is 3. The zero-order valence-electron chi connectivity index (χ0n) is 13.4. The number of benzene rings is 1. The van der Waals surface area contributed by atoms with Crippen molar-refractivity contribution in [3.8, 4) is 5.75 Å². The van der Waals surface area contributed by atoms with E-state index >= 15 is 0 Å². The number of nitrogens with one attached hydrogen (secondary N) is 1. The summed E-state index contributed by atoms with van der Waals surface area (Å²) in [7, 11) is 0. The van der Waals surface area contributed by atoms with Crippen LogP contribution in [0.5, 0.6) is 5.75 Å². The molecule has 0 bridgehead atoms. The van der Waals surface area contributed by atoms with Gasteiger partial charge in [0.05, 0.1) is 0 Å². The van der Waals surface area contributed by atoms with E-state index in [0.29, 0.717) is 25.9 Å². The second-order valence-corrected chi connectivity index (χ2v) is 5.78. The number of pyridine rings is 1. The van der Waals surface area contributed by atoms with Crippen LogP contribution in [0.15, 0.2) is 41.2 Å². The number of ether oxygens (including phenoxy) is 1. The zero-order valence-corrected chi connectivity index (χ0v) is 13.4. The second-order valence-electron chi connectivity index (χ2n) is 5.78. The summed E-state index contributed by atoms with van der Waals surface area (Å²) in [5, 5.41) is 0. The minimum absolute atomic E-state index is 0.0828. The van der Waals surface area contributed by atoms with Gasteiger partial charge in [0.25, 0.3) is 5.91 Å². The van der Waals surface area contributed by atoms with Crippen molar-refractivity contribution in [1.82, 2.24) is 9.88 Å². The van der Waals surface area contributed by atoms with Gasteiger partial charge in [0.1, 0.15) is 0 Å². The van der Waals surface area contributed by atoms with Gasteiger partial charge in [-0.15, -0.1) is 0 Å².